The number of ketones is 1. The number of carbonyl (C=O) groups is 1. The van der Waals surface area contributed by atoms with Crippen LogP contribution in [0.5, 0.6) is 11.5 Å². The van der Waals surface area contributed by atoms with Crippen LogP contribution in [0.2, 0.25) is 0 Å². The van der Waals surface area contributed by atoms with Crippen molar-refractivity contribution in [1.29, 1.82) is 0 Å². The van der Waals surface area contributed by atoms with E-state index < -0.39 is 0 Å². The SMILES string of the molecule is C=CC(=O)c1cc(Br)c(OCCC)cc1OCCC. The van der Waals surface area contributed by atoms with Gasteiger partial charge in [-0.05, 0) is 40.9 Å². The second-order valence-electron chi connectivity index (χ2n) is 4.04. The Hall–Kier alpha value is -1.29. The molecule has 0 N–H and O–H groups in total. The van der Waals surface area contributed by atoms with E-state index in [1.807, 2.05) is 13.8 Å². The maximum absolute atomic E-state index is 11.8. The summed E-state index contributed by atoms with van der Waals surface area (Å²) in [5.74, 6) is 1.07. The van der Waals surface area contributed by atoms with Crippen molar-refractivity contribution in [2.24, 2.45) is 0 Å². The van der Waals surface area contributed by atoms with Crippen LogP contribution < -0.4 is 9.47 Å². The number of hydrogen-bond donors (Lipinski definition) is 0. The van der Waals surface area contributed by atoms with E-state index in [0.717, 1.165) is 17.3 Å². The van der Waals surface area contributed by atoms with Crippen LogP contribution in [-0.2, 0) is 0 Å². The standard InChI is InChI=1S/C15H19BrO3/c1-4-7-18-14-10-15(19-8-5-2)12(16)9-11(14)13(17)6-3/h6,9-10H,3-5,7-8H2,1-2H3. The van der Waals surface area contributed by atoms with Crippen molar-refractivity contribution >= 4 is 21.7 Å². The lowest BCUT2D eigenvalue weighted by Crippen LogP contribution is -2.05. The van der Waals surface area contributed by atoms with E-state index in [4.69, 9.17) is 9.47 Å². The van der Waals surface area contributed by atoms with E-state index in [9.17, 15) is 4.79 Å². The molecule has 0 aliphatic rings. The minimum atomic E-state index is -0.158. The Morgan fingerprint density at radius 2 is 1.79 bits per heavy atom. The van der Waals surface area contributed by atoms with Gasteiger partial charge in [0.15, 0.2) is 5.78 Å². The molecule has 0 heterocycles. The summed E-state index contributed by atoms with van der Waals surface area (Å²) in [6.07, 6.45) is 3.08. The molecule has 0 bridgehead atoms. The monoisotopic (exact) mass is 326 g/mol. The van der Waals surface area contributed by atoms with Crippen molar-refractivity contribution in [3.63, 3.8) is 0 Å². The average Bonchev–Trinajstić information content (AvgIpc) is 2.43. The lowest BCUT2D eigenvalue weighted by Gasteiger charge is -2.13. The second-order valence-corrected chi connectivity index (χ2v) is 4.90. The quantitative estimate of drug-likeness (QED) is 0.524. The van der Waals surface area contributed by atoms with Crippen molar-refractivity contribution in [2.45, 2.75) is 26.7 Å². The Kier molecular flexibility index (Phi) is 6.64. The molecule has 19 heavy (non-hydrogen) atoms. The third-order valence-corrected chi connectivity index (χ3v) is 3.03. The Morgan fingerprint density at radius 3 is 2.32 bits per heavy atom. The van der Waals surface area contributed by atoms with E-state index in [0.29, 0.717) is 30.3 Å². The molecule has 1 aromatic carbocycles. The van der Waals surface area contributed by atoms with E-state index >= 15 is 0 Å². The number of allylic oxidation sites excluding steroid dienone is 1. The highest BCUT2D eigenvalue weighted by atomic mass is 79.9. The van der Waals surface area contributed by atoms with Crippen LogP contribution in [0.25, 0.3) is 0 Å². The van der Waals surface area contributed by atoms with Gasteiger partial charge >= 0.3 is 0 Å². The molecule has 0 unspecified atom stereocenters. The minimum absolute atomic E-state index is 0.158. The normalized spacial score (nSPS) is 10.1. The van der Waals surface area contributed by atoms with Gasteiger partial charge in [-0.15, -0.1) is 0 Å². The topological polar surface area (TPSA) is 35.5 Å². The van der Waals surface area contributed by atoms with E-state index in [2.05, 4.69) is 22.5 Å². The molecule has 0 atom stereocenters. The van der Waals surface area contributed by atoms with Crippen molar-refractivity contribution in [3.05, 3.63) is 34.8 Å². The highest BCUT2D eigenvalue weighted by Crippen LogP contribution is 2.33. The molecule has 104 valence electrons. The summed E-state index contributed by atoms with van der Waals surface area (Å²) < 4.78 is 12.0. The number of ether oxygens (including phenoxy) is 2. The first-order valence-electron chi connectivity index (χ1n) is 6.39. The van der Waals surface area contributed by atoms with E-state index in [-0.39, 0.29) is 5.78 Å². The molecular formula is C15H19BrO3. The van der Waals surface area contributed by atoms with E-state index in [1.54, 1.807) is 12.1 Å². The number of rotatable bonds is 8. The first-order valence-corrected chi connectivity index (χ1v) is 7.19. The zero-order valence-corrected chi connectivity index (χ0v) is 13.0. The van der Waals surface area contributed by atoms with Gasteiger partial charge in [0.1, 0.15) is 11.5 Å². The Bertz CT molecular complexity index is 455. The molecule has 1 aromatic rings. The molecule has 0 saturated carbocycles. The summed E-state index contributed by atoms with van der Waals surface area (Å²) >= 11 is 3.41. The van der Waals surface area contributed by atoms with Gasteiger partial charge in [-0.1, -0.05) is 20.4 Å². The number of halogens is 1. The molecule has 4 heteroatoms. The fourth-order valence-corrected chi connectivity index (χ4v) is 1.95. The number of hydrogen-bond acceptors (Lipinski definition) is 3. The third kappa shape index (κ3) is 4.39. The van der Waals surface area contributed by atoms with Crippen LogP contribution in [-0.4, -0.2) is 19.0 Å². The molecule has 3 nitrogen and oxygen atoms in total. The van der Waals surface area contributed by atoms with Crippen LogP contribution in [0.15, 0.2) is 29.3 Å². The van der Waals surface area contributed by atoms with Crippen molar-refractivity contribution in [2.75, 3.05) is 13.2 Å². The maximum Gasteiger partial charge on any atom is 0.189 e. The largest absolute Gasteiger partial charge is 0.493 e. The predicted molar refractivity (Wildman–Crippen MR) is 80.2 cm³/mol. The summed E-state index contributed by atoms with van der Waals surface area (Å²) in [7, 11) is 0. The molecule has 0 aliphatic heterocycles. The van der Waals surface area contributed by atoms with Gasteiger partial charge in [-0.2, -0.15) is 0 Å². The zero-order valence-electron chi connectivity index (χ0n) is 11.4. The third-order valence-electron chi connectivity index (χ3n) is 2.41. The van der Waals surface area contributed by atoms with Crippen LogP contribution in [0.1, 0.15) is 37.0 Å². The Labute approximate surface area is 122 Å². The van der Waals surface area contributed by atoms with Gasteiger partial charge in [0, 0.05) is 6.07 Å². The Morgan fingerprint density at radius 1 is 1.21 bits per heavy atom. The molecule has 0 amide bonds. The lowest BCUT2D eigenvalue weighted by atomic mass is 10.1. The van der Waals surface area contributed by atoms with Crippen molar-refractivity contribution in [1.82, 2.24) is 0 Å². The van der Waals surface area contributed by atoms with Gasteiger partial charge < -0.3 is 9.47 Å². The zero-order chi connectivity index (χ0) is 14.3. The molecular weight excluding hydrogens is 308 g/mol. The second kappa shape index (κ2) is 8.00. The lowest BCUT2D eigenvalue weighted by molar-refractivity contribution is 0.104. The minimum Gasteiger partial charge on any atom is -0.493 e. The van der Waals surface area contributed by atoms with Gasteiger partial charge in [0.25, 0.3) is 0 Å². The number of carbonyl (C=O) groups excluding carboxylic acids is 1. The van der Waals surface area contributed by atoms with Crippen LogP contribution in [0.4, 0.5) is 0 Å². The first kappa shape index (κ1) is 15.8. The predicted octanol–water partition coefficient (Wildman–Crippen LogP) is 4.40. The van der Waals surface area contributed by atoms with Gasteiger partial charge in [-0.25, -0.2) is 0 Å². The molecule has 0 saturated heterocycles. The maximum atomic E-state index is 11.8. The summed E-state index contributed by atoms with van der Waals surface area (Å²) in [6.45, 7) is 8.75. The first-order chi connectivity index (χ1) is 9.13. The van der Waals surface area contributed by atoms with Crippen LogP contribution in [0.3, 0.4) is 0 Å². The molecule has 0 aliphatic carbocycles. The molecule has 0 radical (unpaired) electrons. The fourth-order valence-electron chi connectivity index (χ4n) is 1.49. The van der Waals surface area contributed by atoms with Crippen LogP contribution in [0, 0.1) is 0 Å². The average molecular weight is 327 g/mol. The van der Waals surface area contributed by atoms with Crippen molar-refractivity contribution in [3.8, 4) is 11.5 Å². The summed E-state index contributed by atoms with van der Waals surface area (Å²) in [5.41, 5.74) is 0.499. The number of benzene rings is 1. The summed E-state index contributed by atoms with van der Waals surface area (Å²) in [5, 5.41) is 0. The smallest absolute Gasteiger partial charge is 0.189 e. The highest BCUT2D eigenvalue weighted by molar-refractivity contribution is 9.10. The van der Waals surface area contributed by atoms with E-state index in [1.165, 1.54) is 6.08 Å². The molecule has 0 aromatic heterocycles. The molecule has 0 spiro atoms. The molecule has 1 rings (SSSR count). The van der Waals surface area contributed by atoms with Crippen LogP contribution >= 0.6 is 15.9 Å². The van der Waals surface area contributed by atoms with Crippen molar-refractivity contribution < 1.29 is 14.3 Å². The molecule has 0 fully saturated rings. The highest BCUT2D eigenvalue weighted by Gasteiger charge is 2.14. The fraction of sp³-hybridized carbons (Fsp3) is 0.400. The Balaban J connectivity index is 3.12. The summed E-state index contributed by atoms with van der Waals surface area (Å²) in [6, 6.07) is 3.48. The van der Waals surface area contributed by atoms with Gasteiger partial charge in [0.2, 0.25) is 0 Å². The van der Waals surface area contributed by atoms with Gasteiger partial charge in [0.05, 0.1) is 23.2 Å². The summed E-state index contributed by atoms with van der Waals surface area (Å²) in [4.78, 5) is 11.8. The van der Waals surface area contributed by atoms with Gasteiger partial charge in [-0.3, -0.25) is 4.79 Å².